The normalized spacial score (nSPS) is 11.0. The molecule has 0 aliphatic rings. The van der Waals surface area contributed by atoms with Crippen LogP contribution in [0.4, 0.5) is 5.69 Å². The van der Waals surface area contributed by atoms with Gasteiger partial charge < -0.3 is 10.6 Å². The van der Waals surface area contributed by atoms with Crippen molar-refractivity contribution < 1.29 is 14.6 Å². The zero-order valence-electron chi connectivity index (χ0n) is 11.1. The summed E-state index contributed by atoms with van der Waals surface area (Å²) >= 11 is 5.93. The highest BCUT2D eigenvalue weighted by atomic mass is 35.5. The van der Waals surface area contributed by atoms with Crippen LogP contribution in [-0.4, -0.2) is 16.7 Å². The Kier molecular flexibility index (Phi) is 4.70. The van der Waals surface area contributed by atoms with Crippen molar-refractivity contribution in [3.63, 3.8) is 0 Å². The lowest BCUT2D eigenvalue weighted by atomic mass is 10.2. The molecule has 0 fully saturated rings. The molecule has 0 aliphatic heterocycles. The van der Waals surface area contributed by atoms with E-state index in [9.17, 15) is 14.9 Å². The SMILES string of the molecule is N/C(=N\OC(=O)c1ccc([N+](=O)[O-])cc1)c1ccccc1Cl. The van der Waals surface area contributed by atoms with E-state index in [1.807, 2.05) is 0 Å². The van der Waals surface area contributed by atoms with E-state index in [0.29, 0.717) is 10.6 Å². The molecule has 0 bridgehead atoms. The first-order chi connectivity index (χ1) is 10.5. The Balaban J connectivity index is 2.10. The topological polar surface area (TPSA) is 108 Å². The number of nitrogens with zero attached hydrogens (tertiary/aromatic N) is 2. The molecule has 2 aromatic rings. The lowest BCUT2D eigenvalue weighted by Gasteiger charge is -2.03. The first-order valence-electron chi connectivity index (χ1n) is 6.03. The fraction of sp³-hybridized carbons (Fsp3) is 0. The van der Waals surface area contributed by atoms with Gasteiger partial charge in [0.05, 0.1) is 15.5 Å². The highest BCUT2D eigenvalue weighted by molar-refractivity contribution is 6.34. The van der Waals surface area contributed by atoms with E-state index in [-0.39, 0.29) is 17.1 Å². The van der Waals surface area contributed by atoms with E-state index in [2.05, 4.69) is 5.16 Å². The molecule has 112 valence electrons. The Hall–Kier alpha value is -2.93. The molecule has 0 unspecified atom stereocenters. The summed E-state index contributed by atoms with van der Waals surface area (Å²) in [5.74, 6) is -0.842. The smallest absolute Gasteiger partial charge is 0.365 e. The number of oxime groups is 1. The molecule has 0 aliphatic carbocycles. The lowest BCUT2D eigenvalue weighted by Crippen LogP contribution is -2.15. The van der Waals surface area contributed by atoms with Crippen LogP contribution in [0.5, 0.6) is 0 Å². The quantitative estimate of drug-likeness (QED) is 0.306. The molecule has 7 nitrogen and oxygen atoms in total. The summed E-state index contributed by atoms with van der Waals surface area (Å²) in [5.41, 5.74) is 6.10. The number of amidine groups is 1. The third-order valence-electron chi connectivity index (χ3n) is 2.69. The molecule has 2 rings (SSSR count). The zero-order valence-corrected chi connectivity index (χ0v) is 11.9. The number of hydrogen-bond acceptors (Lipinski definition) is 5. The Morgan fingerprint density at radius 2 is 1.82 bits per heavy atom. The van der Waals surface area contributed by atoms with Gasteiger partial charge in [0.25, 0.3) is 5.69 Å². The average molecular weight is 320 g/mol. The van der Waals surface area contributed by atoms with Crippen molar-refractivity contribution in [3.05, 3.63) is 74.8 Å². The molecule has 0 spiro atoms. The van der Waals surface area contributed by atoms with Crippen LogP contribution in [0.1, 0.15) is 15.9 Å². The minimum Gasteiger partial charge on any atom is -0.380 e. The summed E-state index contributed by atoms with van der Waals surface area (Å²) in [6, 6.07) is 11.6. The molecule has 0 atom stereocenters. The molecule has 0 saturated carbocycles. The molecule has 2 N–H and O–H groups in total. The number of nitro groups is 1. The molecule has 0 saturated heterocycles. The van der Waals surface area contributed by atoms with Gasteiger partial charge in [0, 0.05) is 17.7 Å². The van der Waals surface area contributed by atoms with Gasteiger partial charge in [0.15, 0.2) is 5.84 Å². The summed E-state index contributed by atoms with van der Waals surface area (Å²) in [7, 11) is 0. The number of carbonyl (C=O) groups excluding carboxylic acids is 1. The number of rotatable bonds is 4. The molecular formula is C14H10ClN3O4. The van der Waals surface area contributed by atoms with Crippen LogP contribution in [0.2, 0.25) is 5.02 Å². The van der Waals surface area contributed by atoms with Gasteiger partial charge in [0.1, 0.15) is 0 Å². The highest BCUT2D eigenvalue weighted by Gasteiger charge is 2.11. The maximum Gasteiger partial charge on any atom is 0.365 e. The van der Waals surface area contributed by atoms with Crippen molar-refractivity contribution in [2.24, 2.45) is 10.9 Å². The van der Waals surface area contributed by atoms with Gasteiger partial charge in [0.2, 0.25) is 0 Å². The second-order valence-corrected chi connectivity index (χ2v) is 4.55. The summed E-state index contributed by atoms with van der Waals surface area (Å²) in [6.45, 7) is 0. The van der Waals surface area contributed by atoms with E-state index < -0.39 is 10.9 Å². The number of carbonyl (C=O) groups is 1. The molecule has 8 heteroatoms. The monoisotopic (exact) mass is 319 g/mol. The van der Waals surface area contributed by atoms with Crippen LogP contribution >= 0.6 is 11.6 Å². The number of nitrogens with two attached hydrogens (primary N) is 1. The predicted molar refractivity (Wildman–Crippen MR) is 80.7 cm³/mol. The lowest BCUT2D eigenvalue weighted by molar-refractivity contribution is -0.384. The zero-order chi connectivity index (χ0) is 16.1. The third kappa shape index (κ3) is 3.58. The second kappa shape index (κ2) is 6.68. The van der Waals surface area contributed by atoms with Gasteiger partial charge in [-0.3, -0.25) is 10.1 Å². The van der Waals surface area contributed by atoms with Gasteiger partial charge >= 0.3 is 5.97 Å². The minimum absolute atomic E-state index is 0.0548. The van der Waals surface area contributed by atoms with E-state index in [1.165, 1.54) is 24.3 Å². The van der Waals surface area contributed by atoms with E-state index >= 15 is 0 Å². The fourth-order valence-corrected chi connectivity index (χ4v) is 1.81. The van der Waals surface area contributed by atoms with Crippen molar-refractivity contribution in [1.82, 2.24) is 0 Å². The summed E-state index contributed by atoms with van der Waals surface area (Å²) in [5, 5.41) is 14.4. The Morgan fingerprint density at radius 3 is 2.41 bits per heavy atom. The van der Waals surface area contributed by atoms with E-state index in [0.717, 1.165) is 0 Å². The predicted octanol–water partition coefficient (Wildman–Crippen LogP) is 2.73. The van der Waals surface area contributed by atoms with Gasteiger partial charge in [-0.25, -0.2) is 4.79 Å². The third-order valence-corrected chi connectivity index (χ3v) is 3.02. The summed E-state index contributed by atoms with van der Waals surface area (Å²) in [4.78, 5) is 26.4. The first kappa shape index (κ1) is 15.5. The van der Waals surface area contributed by atoms with E-state index in [1.54, 1.807) is 24.3 Å². The molecular weight excluding hydrogens is 310 g/mol. The van der Waals surface area contributed by atoms with Crippen molar-refractivity contribution in [2.75, 3.05) is 0 Å². The van der Waals surface area contributed by atoms with Gasteiger partial charge in [-0.05, 0) is 24.3 Å². The van der Waals surface area contributed by atoms with Crippen molar-refractivity contribution in [3.8, 4) is 0 Å². The Bertz CT molecular complexity index is 744. The number of non-ortho nitro benzene ring substituents is 1. The fourth-order valence-electron chi connectivity index (χ4n) is 1.58. The number of benzene rings is 2. The molecule has 2 aromatic carbocycles. The van der Waals surface area contributed by atoms with Crippen molar-refractivity contribution in [1.29, 1.82) is 0 Å². The summed E-state index contributed by atoms with van der Waals surface area (Å²) < 4.78 is 0. The first-order valence-corrected chi connectivity index (χ1v) is 6.41. The maximum atomic E-state index is 11.8. The van der Waals surface area contributed by atoms with Crippen LogP contribution in [0.15, 0.2) is 53.7 Å². The number of nitro benzene ring substituents is 1. The van der Waals surface area contributed by atoms with Crippen LogP contribution in [0.25, 0.3) is 0 Å². The molecule has 0 heterocycles. The Morgan fingerprint density at radius 1 is 1.18 bits per heavy atom. The van der Waals surface area contributed by atoms with Gasteiger partial charge in [-0.15, -0.1) is 0 Å². The largest absolute Gasteiger partial charge is 0.380 e. The van der Waals surface area contributed by atoms with Crippen LogP contribution < -0.4 is 5.73 Å². The maximum absolute atomic E-state index is 11.8. The summed E-state index contributed by atoms with van der Waals surface area (Å²) in [6.07, 6.45) is 0. The number of hydrogen-bond donors (Lipinski definition) is 1. The standard InChI is InChI=1S/C14H10ClN3O4/c15-12-4-2-1-3-11(12)13(16)17-22-14(19)9-5-7-10(8-6-9)18(20)21/h1-8H,(H2,16,17). The van der Waals surface area contributed by atoms with Gasteiger partial charge in [-0.1, -0.05) is 28.9 Å². The van der Waals surface area contributed by atoms with Crippen molar-refractivity contribution >= 4 is 29.1 Å². The van der Waals surface area contributed by atoms with Crippen LogP contribution in [0.3, 0.4) is 0 Å². The Labute approximate surface area is 130 Å². The van der Waals surface area contributed by atoms with Crippen LogP contribution in [-0.2, 0) is 4.84 Å². The van der Waals surface area contributed by atoms with Crippen molar-refractivity contribution in [2.45, 2.75) is 0 Å². The molecule has 0 radical (unpaired) electrons. The molecule has 22 heavy (non-hydrogen) atoms. The van der Waals surface area contributed by atoms with Gasteiger partial charge in [-0.2, -0.15) is 0 Å². The second-order valence-electron chi connectivity index (χ2n) is 4.14. The molecule has 0 amide bonds. The average Bonchev–Trinajstić information content (AvgIpc) is 2.52. The number of halogens is 1. The highest BCUT2D eigenvalue weighted by Crippen LogP contribution is 2.15. The minimum atomic E-state index is -0.787. The van der Waals surface area contributed by atoms with Crippen LogP contribution in [0, 0.1) is 10.1 Å². The molecule has 0 aromatic heterocycles. The van der Waals surface area contributed by atoms with E-state index in [4.69, 9.17) is 22.2 Å².